The molecule has 0 aromatic rings. The second-order valence-electron chi connectivity index (χ2n) is 7.19. The normalized spacial score (nSPS) is 38.5. The maximum atomic E-state index is 12.0. The molecule has 0 amide bonds. The van der Waals surface area contributed by atoms with Crippen LogP contribution in [0, 0.1) is 29.6 Å². The zero-order valence-electron chi connectivity index (χ0n) is 13.3. The lowest BCUT2D eigenvalue weighted by molar-refractivity contribution is -0.156. The molecule has 4 rings (SSSR count). The molecule has 120 valence electrons. The average molecular weight is 296 g/mol. The van der Waals surface area contributed by atoms with Crippen LogP contribution in [-0.2, 0) is 19.0 Å². The predicted molar refractivity (Wildman–Crippen MR) is 78.5 cm³/mol. The van der Waals surface area contributed by atoms with Crippen molar-refractivity contribution in [2.45, 2.75) is 51.7 Å². The number of esters is 1. The molecule has 0 radical (unpaired) electrons. The molecule has 4 aliphatic rings. The SMILES string of the molecule is COC(C)OCCOC(=O)CC1C2CC3CC(C2)CC1C3. The van der Waals surface area contributed by atoms with Crippen LogP contribution in [0.5, 0.6) is 0 Å². The van der Waals surface area contributed by atoms with Crippen molar-refractivity contribution in [1.82, 2.24) is 0 Å². The molecule has 0 aromatic carbocycles. The van der Waals surface area contributed by atoms with Gasteiger partial charge in [0.1, 0.15) is 6.61 Å². The first kappa shape index (κ1) is 15.3. The topological polar surface area (TPSA) is 44.8 Å². The van der Waals surface area contributed by atoms with E-state index in [9.17, 15) is 4.79 Å². The number of hydrogen-bond acceptors (Lipinski definition) is 4. The van der Waals surface area contributed by atoms with Crippen LogP contribution < -0.4 is 0 Å². The lowest BCUT2D eigenvalue weighted by atomic mass is 9.51. The summed E-state index contributed by atoms with van der Waals surface area (Å²) in [5.74, 6) is 4.05. The third kappa shape index (κ3) is 3.59. The van der Waals surface area contributed by atoms with Crippen LogP contribution in [0.15, 0.2) is 0 Å². The Morgan fingerprint density at radius 3 is 2.24 bits per heavy atom. The van der Waals surface area contributed by atoms with Gasteiger partial charge in [0.25, 0.3) is 0 Å². The van der Waals surface area contributed by atoms with Gasteiger partial charge in [0.2, 0.25) is 0 Å². The molecular formula is C17H28O4. The molecule has 0 aliphatic heterocycles. The molecule has 0 spiro atoms. The van der Waals surface area contributed by atoms with Gasteiger partial charge >= 0.3 is 5.97 Å². The van der Waals surface area contributed by atoms with Crippen LogP contribution in [0.25, 0.3) is 0 Å². The lowest BCUT2D eigenvalue weighted by Crippen LogP contribution is -2.45. The van der Waals surface area contributed by atoms with E-state index in [-0.39, 0.29) is 12.3 Å². The molecule has 0 aromatic heterocycles. The fraction of sp³-hybridized carbons (Fsp3) is 0.941. The first-order valence-electron chi connectivity index (χ1n) is 8.45. The molecule has 1 atom stereocenters. The maximum Gasteiger partial charge on any atom is 0.306 e. The van der Waals surface area contributed by atoms with Gasteiger partial charge in [-0.1, -0.05) is 0 Å². The van der Waals surface area contributed by atoms with Crippen molar-refractivity contribution < 1.29 is 19.0 Å². The van der Waals surface area contributed by atoms with E-state index < -0.39 is 0 Å². The van der Waals surface area contributed by atoms with E-state index in [1.54, 1.807) is 7.11 Å². The minimum atomic E-state index is -0.242. The minimum absolute atomic E-state index is 0.0406. The predicted octanol–water partition coefficient (Wildman–Crippen LogP) is 3.00. The van der Waals surface area contributed by atoms with Crippen molar-refractivity contribution in [2.24, 2.45) is 29.6 Å². The average Bonchev–Trinajstić information content (AvgIpc) is 2.46. The highest BCUT2D eigenvalue weighted by molar-refractivity contribution is 5.69. The van der Waals surface area contributed by atoms with Crippen molar-refractivity contribution in [3.63, 3.8) is 0 Å². The zero-order chi connectivity index (χ0) is 14.8. The minimum Gasteiger partial charge on any atom is -0.463 e. The number of hydrogen-bond donors (Lipinski definition) is 0. The maximum absolute atomic E-state index is 12.0. The summed E-state index contributed by atoms with van der Waals surface area (Å²) in [7, 11) is 1.60. The van der Waals surface area contributed by atoms with E-state index in [4.69, 9.17) is 14.2 Å². The van der Waals surface area contributed by atoms with Gasteiger partial charge in [-0.15, -0.1) is 0 Å². The van der Waals surface area contributed by atoms with Gasteiger partial charge in [0, 0.05) is 13.5 Å². The van der Waals surface area contributed by atoms with Crippen LogP contribution >= 0.6 is 0 Å². The molecule has 0 heterocycles. The van der Waals surface area contributed by atoms with E-state index in [1.165, 1.54) is 32.1 Å². The van der Waals surface area contributed by atoms with Crippen molar-refractivity contribution in [1.29, 1.82) is 0 Å². The number of carbonyl (C=O) groups is 1. The first-order valence-corrected chi connectivity index (χ1v) is 8.45. The summed E-state index contributed by atoms with van der Waals surface area (Å²) in [6.07, 6.45) is 7.28. The molecule has 1 unspecified atom stereocenters. The summed E-state index contributed by atoms with van der Waals surface area (Å²) < 4.78 is 15.6. The molecule has 4 aliphatic carbocycles. The molecule has 4 nitrogen and oxygen atoms in total. The van der Waals surface area contributed by atoms with E-state index in [1.807, 2.05) is 6.92 Å². The third-order valence-corrected chi connectivity index (χ3v) is 5.86. The van der Waals surface area contributed by atoms with Crippen LogP contribution in [0.1, 0.15) is 45.4 Å². The van der Waals surface area contributed by atoms with Crippen LogP contribution in [-0.4, -0.2) is 32.6 Å². The van der Waals surface area contributed by atoms with Gasteiger partial charge < -0.3 is 14.2 Å². The van der Waals surface area contributed by atoms with Crippen LogP contribution in [0.3, 0.4) is 0 Å². The molecular weight excluding hydrogens is 268 g/mol. The van der Waals surface area contributed by atoms with Gasteiger partial charge in [-0.25, -0.2) is 0 Å². The monoisotopic (exact) mass is 296 g/mol. The Labute approximate surface area is 127 Å². The first-order chi connectivity index (χ1) is 10.2. The summed E-state index contributed by atoms with van der Waals surface area (Å²) in [4.78, 5) is 12.0. The number of carbonyl (C=O) groups excluding carboxylic acids is 1. The number of methoxy groups -OCH3 is 1. The second-order valence-corrected chi connectivity index (χ2v) is 7.19. The van der Waals surface area contributed by atoms with E-state index in [0.717, 1.165) is 23.7 Å². The molecule has 21 heavy (non-hydrogen) atoms. The standard InChI is InChI=1S/C17H28O4/c1-11(19-2)20-3-4-21-17(18)10-16-14-6-12-5-13(8-14)9-15(16)7-12/h11-16H,3-10H2,1-2H3. The summed E-state index contributed by atoms with van der Waals surface area (Å²) in [5, 5.41) is 0. The Bertz CT molecular complexity index is 340. The Kier molecular flexibility index (Phi) is 4.85. The summed E-state index contributed by atoms with van der Waals surface area (Å²) in [6, 6.07) is 0. The van der Waals surface area contributed by atoms with Gasteiger partial charge in [-0.3, -0.25) is 4.79 Å². The fourth-order valence-electron chi connectivity index (χ4n) is 5.06. The number of rotatable bonds is 7. The molecule has 4 heteroatoms. The summed E-state index contributed by atoms with van der Waals surface area (Å²) in [5.41, 5.74) is 0. The van der Waals surface area contributed by atoms with E-state index in [0.29, 0.717) is 25.6 Å². The highest BCUT2D eigenvalue weighted by Gasteiger charge is 2.48. The largest absolute Gasteiger partial charge is 0.463 e. The Morgan fingerprint density at radius 2 is 1.67 bits per heavy atom. The third-order valence-electron chi connectivity index (χ3n) is 5.86. The fourth-order valence-corrected chi connectivity index (χ4v) is 5.06. The van der Waals surface area contributed by atoms with Crippen molar-refractivity contribution >= 4 is 5.97 Å². The van der Waals surface area contributed by atoms with Crippen molar-refractivity contribution in [3.05, 3.63) is 0 Å². The van der Waals surface area contributed by atoms with Gasteiger partial charge in [-0.05, 0) is 68.6 Å². The van der Waals surface area contributed by atoms with E-state index >= 15 is 0 Å². The Balaban J connectivity index is 1.39. The van der Waals surface area contributed by atoms with Crippen LogP contribution in [0.2, 0.25) is 0 Å². The van der Waals surface area contributed by atoms with Crippen LogP contribution in [0.4, 0.5) is 0 Å². The summed E-state index contributed by atoms with van der Waals surface area (Å²) >= 11 is 0. The summed E-state index contributed by atoms with van der Waals surface area (Å²) in [6.45, 7) is 2.57. The second kappa shape index (κ2) is 6.66. The molecule has 0 N–H and O–H groups in total. The molecule has 4 fully saturated rings. The lowest BCUT2D eigenvalue weighted by Gasteiger charge is -2.54. The van der Waals surface area contributed by atoms with Gasteiger partial charge in [0.15, 0.2) is 6.29 Å². The van der Waals surface area contributed by atoms with Crippen molar-refractivity contribution in [3.8, 4) is 0 Å². The Morgan fingerprint density at radius 1 is 1.05 bits per heavy atom. The van der Waals surface area contributed by atoms with E-state index in [2.05, 4.69) is 0 Å². The quantitative estimate of drug-likeness (QED) is 0.411. The molecule has 0 saturated heterocycles. The highest BCUT2D eigenvalue weighted by Crippen LogP contribution is 2.57. The van der Waals surface area contributed by atoms with Gasteiger partial charge in [-0.2, -0.15) is 0 Å². The van der Waals surface area contributed by atoms with Crippen molar-refractivity contribution in [2.75, 3.05) is 20.3 Å². The highest BCUT2D eigenvalue weighted by atomic mass is 16.7. The molecule has 4 saturated carbocycles. The number of ether oxygens (including phenoxy) is 3. The zero-order valence-corrected chi connectivity index (χ0v) is 13.3. The smallest absolute Gasteiger partial charge is 0.306 e. The Hall–Kier alpha value is -0.610. The van der Waals surface area contributed by atoms with Gasteiger partial charge in [0.05, 0.1) is 6.61 Å². The molecule has 4 bridgehead atoms.